The Kier molecular flexibility index (Phi) is 14.4. The zero-order valence-corrected chi connectivity index (χ0v) is 34.5. The average molecular weight is 836 g/mol. The number of carboxylic acids is 2. The first-order chi connectivity index (χ1) is 29.0. The minimum absolute atomic E-state index is 0.111. The summed E-state index contributed by atoms with van der Waals surface area (Å²) in [7, 11) is 0. The molecule has 0 radical (unpaired) electrons. The maximum absolute atomic E-state index is 13.1. The largest absolute Gasteiger partial charge is 0.481 e. The zero-order valence-electron chi connectivity index (χ0n) is 34.5. The van der Waals surface area contributed by atoms with Crippen molar-refractivity contribution in [2.24, 2.45) is 15.0 Å². The number of amides is 2. The van der Waals surface area contributed by atoms with E-state index in [1.54, 1.807) is 37.4 Å². The van der Waals surface area contributed by atoms with Crippen LogP contribution in [-0.2, 0) is 33.6 Å². The molecular weight excluding hydrogens is 787 g/mol. The average Bonchev–Trinajstić information content (AvgIpc) is 3.84. The van der Waals surface area contributed by atoms with Gasteiger partial charge in [-0.3, -0.25) is 29.5 Å². The first-order valence-corrected chi connectivity index (χ1v) is 19.6. The number of aliphatic imine (C=N–C) groups is 3. The first kappa shape index (κ1) is 45.2. The van der Waals surface area contributed by atoms with Gasteiger partial charge >= 0.3 is 11.9 Å². The van der Waals surface area contributed by atoms with Gasteiger partial charge in [0.2, 0.25) is 11.8 Å². The molecule has 17 nitrogen and oxygen atoms in total. The molecule has 5 aliphatic heterocycles. The van der Waals surface area contributed by atoms with Crippen LogP contribution in [0.1, 0.15) is 73.1 Å². The maximum atomic E-state index is 13.1. The smallest absolute Gasteiger partial charge is 0.305 e. The standard InChI is InChI=1S/C44H49N7O10/c1-7-28-23(3)33-18-38-31(13-14-45-61-8-2)44(6,60)39(51-38)20-34-25(5)30(10-12-41(55)47-27(22-53)16-43(58)59)37(50-34)19-36-29(24(4)32(49-36)17-35(28)48-33)9-11-40(54)46-26(21-52)15-42(56)57/h7,13-14,17-22,26-27,45,51,60H,1,8-12,15-16H2,2-6H3,(H,46,54)(H,47,55)(H,56,57)(H,58,59)/t26-,27-,44?/m1/s1. The maximum Gasteiger partial charge on any atom is 0.305 e. The van der Waals surface area contributed by atoms with Gasteiger partial charge in [0.05, 0.1) is 71.5 Å². The Morgan fingerprint density at radius 3 is 1.93 bits per heavy atom. The molecule has 0 fully saturated rings. The SMILES string of the molecule is C=CC1=C(C)C2=CC3=C(C=CNOCC)C(C)(O)C(=CC4=NC(=CC5=NC(=CC1=N2)C(C)=C5CCC(=O)N[C@@H](C=O)CC(=O)O)C(CCC(=O)N[C@@H](C=O)CC(=O)O)=C4C)N3. The van der Waals surface area contributed by atoms with Crippen molar-refractivity contribution >= 4 is 53.5 Å². The fourth-order valence-electron chi connectivity index (χ4n) is 7.26. The van der Waals surface area contributed by atoms with E-state index in [-0.39, 0.29) is 25.7 Å². The van der Waals surface area contributed by atoms with Crippen molar-refractivity contribution in [1.82, 2.24) is 21.4 Å². The minimum Gasteiger partial charge on any atom is -0.481 e. The van der Waals surface area contributed by atoms with Crippen molar-refractivity contribution in [3.63, 3.8) is 0 Å². The van der Waals surface area contributed by atoms with Gasteiger partial charge < -0.3 is 40.9 Å². The number of carbonyl (C=O) groups excluding carboxylic acids is 4. The van der Waals surface area contributed by atoms with Crippen molar-refractivity contribution in [3.05, 3.63) is 117 Å². The molecule has 0 aromatic heterocycles. The predicted molar refractivity (Wildman–Crippen MR) is 227 cm³/mol. The van der Waals surface area contributed by atoms with Crippen molar-refractivity contribution < 1.29 is 48.9 Å². The molecule has 0 aromatic rings. The van der Waals surface area contributed by atoms with Gasteiger partial charge in [0.25, 0.3) is 0 Å². The number of hydroxylamine groups is 1. The van der Waals surface area contributed by atoms with Crippen molar-refractivity contribution in [1.29, 1.82) is 0 Å². The number of rotatable bonds is 19. The quantitative estimate of drug-likeness (QED) is 0.0560. The molecule has 5 rings (SSSR count). The molecule has 0 spiro atoms. The van der Waals surface area contributed by atoms with E-state index in [2.05, 4.69) is 28.0 Å². The molecule has 0 aliphatic carbocycles. The Balaban J connectivity index is 1.66. The van der Waals surface area contributed by atoms with Crippen LogP contribution >= 0.6 is 0 Å². The van der Waals surface area contributed by atoms with E-state index in [0.29, 0.717) is 87.1 Å². The van der Waals surface area contributed by atoms with Gasteiger partial charge in [0, 0.05) is 35.9 Å². The van der Waals surface area contributed by atoms with Crippen LogP contribution in [0.4, 0.5) is 0 Å². The van der Waals surface area contributed by atoms with Crippen LogP contribution in [0.25, 0.3) is 0 Å². The summed E-state index contributed by atoms with van der Waals surface area (Å²) in [5.41, 5.74) is 9.88. The molecule has 61 heavy (non-hydrogen) atoms. The number of nitrogens with one attached hydrogen (secondary N) is 4. The van der Waals surface area contributed by atoms with Crippen molar-refractivity contribution in [2.75, 3.05) is 6.61 Å². The molecule has 0 saturated carbocycles. The number of hydrogen-bond donors (Lipinski definition) is 7. The van der Waals surface area contributed by atoms with Crippen LogP contribution in [0, 0.1) is 0 Å². The van der Waals surface area contributed by atoms with Gasteiger partial charge in [0.15, 0.2) is 0 Å². The van der Waals surface area contributed by atoms with Gasteiger partial charge in [-0.1, -0.05) is 12.7 Å². The molecule has 8 bridgehead atoms. The lowest BCUT2D eigenvalue weighted by molar-refractivity contribution is -0.139. The third-order valence-electron chi connectivity index (χ3n) is 10.6. The van der Waals surface area contributed by atoms with E-state index in [1.807, 2.05) is 39.8 Å². The van der Waals surface area contributed by atoms with Crippen LogP contribution in [0.3, 0.4) is 0 Å². The second kappa shape index (κ2) is 19.5. The van der Waals surface area contributed by atoms with Gasteiger partial charge in [-0.15, -0.1) is 0 Å². The molecule has 5 aliphatic rings. The number of carboxylic acid groups (broad SMARTS) is 2. The Morgan fingerprint density at radius 2 is 1.36 bits per heavy atom. The van der Waals surface area contributed by atoms with Crippen molar-refractivity contribution in [2.45, 2.75) is 90.8 Å². The number of aliphatic hydroxyl groups is 1. The zero-order chi connectivity index (χ0) is 44.6. The normalized spacial score (nSPS) is 20.5. The summed E-state index contributed by atoms with van der Waals surface area (Å²) in [6.45, 7) is 13.5. The number of aliphatic carboxylic acids is 2. The van der Waals surface area contributed by atoms with E-state index in [9.17, 15) is 33.9 Å². The molecule has 3 atom stereocenters. The Labute approximate surface area is 352 Å². The predicted octanol–water partition coefficient (Wildman–Crippen LogP) is 3.58. The molecular formula is C44H49N7O10. The molecule has 0 saturated heterocycles. The summed E-state index contributed by atoms with van der Waals surface area (Å²) in [6, 6.07) is -2.42. The van der Waals surface area contributed by atoms with Gasteiger partial charge in [0.1, 0.15) is 18.2 Å². The fraction of sp³-hybridized carbons (Fsp3) is 0.341. The number of allylic oxidation sites excluding steroid dienone is 11. The highest BCUT2D eigenvalue weighted by atomic mass is 16.6. The first-order valence-electron chi connectivity index (χ1n) is 19.6. The van der Waals surface area contributed by atoms with E-state index >= 15 is 0 Å². The summed E-state index contributed by atoms with van der Waals surface area (Å²) in [5, 5.41) is 38.8. The van der Waals surface area contributed by atoms with Crippen LogP contribution in [0.5, 0.6) is 0 Å². The van der Waals surface area contributed by atoms with E-state index in [4.69, 9.17) is 30.0 Å². The third kappa shape index (κ3) is 10.5. The monoisotopic (exact) mass is 835 g/mol. The summed E-state index contributed by atoms with van der Waals surface area (Å²) in [4.78, 5) is 91.8. The van der Waals surface area contributed by atoms with Gasteiger partial charge in [-0.25, -0.2) is 15.0 Å². The van der Waals surface area contributed by atoms with Crippen LogP contribution in [0.2, 0.25) is 0 Å². The lowest BCUT2D eigenvalue weighted by Crippen LogP contribution is -2.37. The Morgan fingerprint density at radius 1 is 0.803 bits per heavy atom. The lowest BCUT2D eigenvalue weighted by Gasteiger charge is -2.21. The van der Waals surface area contributed by atoms with E-state index in [0.717, 1.165) is 16.7 Å². The molecule has 2 amide bonds. The van der Waals surface area contributed by atoms with Crippen LogP contribution in [0.15, 0.2) is 132 Å². The van der Waals surface area contributed by atoms with Crippen molar-refractivity contribution in [3.8, 4) is 0 Å². The number of fused-ring (bicyclic) bond motifs is 5. The number of hydrogen-bond acceptors (Lipinski definition) is 13. The Hall–Kier alpha value is -6.85. The van der Waals surface area contributed by atoms with E-state index < -0.39 is 54.3 Å². The fourth-order valence-corrected chi connectivity index (χ4v) is 7.26. The molecule has 320 valence electrons. The summed E-state index contributed by atoms with van der Waals surface area (Å²) >= 11 is 0. The number of aldehydes is 2. The van der Waals surface area contributed by atoms with Crippen LogP contribution in [-0.4, -0.2) is 93.1 Å². The minimum atomic E-state index is -1.58. The third-order valence-corrected chi connectivity index (χ3v) is 10.6. The summed E-state index contributed by atoms with van der Waals surface area (Å²) < 4.78 is 0. The topological polar surface area (TPSA) is 258 Å². The molecule has 0 aromatic carbocycles. The number of carbonyl (C=O) groups is 6. The molecule has 7 N–H and O–H groups in total. The molecule has 17 heteroatoms. The lowest BCUT2D eigenvalue weighted by atomic mass is 9.92. The highest BCUT2D eigenvalue weighted by molar-refractivity contribution is 6.18. The second-order valence-corrected chi connectivity index (χ2v) is 14.8. The van der Waals surface area contributed by atoms with E-state index in [1.165, 1.54) is 0 Å². The Bertz CT molecular complexity index is 2340. The van der Waals surface area contributed by atoms with Gasteiger partial charge in [-0.05, 0) is 106 Å². The van der Waals surface area contributed by atoms with Crippen LogP contribution < -0.4 is 21.4 Å². The molecule has 1 unspecified atom stereocenters. The molecule has 5 heterocycles. The summed E-state index contributed by atoms with van der Waals surface area (Å²) in [5.74, 6) is -3.58. The number of nitrogens with zero attached hydrogens (tertiary/aromatic N) is 3. The summed E-state index contributed by atoms with van der Waals surface area (Å²) in [6.07, 6.45) is 11.7. The second-order valence-electron chi connectivity index (χ2n) is 14.8. The highest BCUT2D eigenvalue weighted by Gasteiger charge is 2.39. The highest BCUT2D eigenvalue weighted by Crippen LogP contribution is 2.40. The van der Waals surface area contributed by atoms with Gasteiger partial charge in [-0.2, -0.15) is 0 Å².